The highest BCUT2D eigenvalue weighted by molar-refractivity contribution is 6.35. The van der Waals surface area contributed by atoms with Crippen molar-refractivity contribution >= 4 is 40.5 Å². The van der Waals surface area contributed by atoms with Crippen LogP contribution in [0.1, 0.15) is 12.7 Å². The summed E-state index contributed by atoms with van der Waals surface area (Å²) in [5.41, 5.74) is 6.19. The molecule has 0 aliphatic rings. The number of benzene rings is 1. The van der Waals surface area contributed by atoms with Crippen LogP contribution in [0.3, 0.4) is 0 Å². The van der Waals surface area contributed by atoms with Crippen LogP contribution in [-0.4, -0.2) is 9.97 Å². The van der Waals surface area contributed by atoms with Crippen molar-refractivity contribution < 1.29 is 4.39 Å². The van der Waals surface area contributed by atoms with E-state index < -0.39 is 5.82 Å². The van der Waals surface area contributed by atoms with E-state index in [1.807, 2.05) is 6.92 Å². The van der Waals surface area contributed by atoms with Crippen molar-refractivity contribution in [1.29, 1.82) is 0 Å². The molecular weight excluding hydrogens is 290 g/mol. The maximum atomic E-state index is 13.3. The SMILES string of the molecule is CCc1nc(N)cc(Nc2cc(Cl)c(F)c(Cl)c2)n1. The van der Waals surface area contributed by atoms with E-state index in [0.29, 0.717) is 29.6 Å². The number of aromatic nitrogens is 2. The van der Waals surface area contributed by atoms with Gasteiger partial charge in [0.25, 0.3) is 0 Å². The molecule has 0 fully saturated rings. The van der Waals surface area contributed by atoms with E-state index in [1.165, 1.54) is 12.1 Å². The van der Waals surface area contributed by atoms with Crippen molar-refractivity contribution in [1.82, 2.24) is 9.97 Å². The van der Waals surface area contributed by atoms with Crippen LogP contribution in [-0.2, 0) is 6.42 Å². The molecule has 0 spiro atoms. The van der Waals surface area contributed by atoms with Crippen LogP contribution in [0, 0.1) is 5.82 Å². The van der Waals surface area contributed by atoms with E-state index in [2.05, 4.69) is 15.3 Å². The Kier molecular flexibility index (Phi) is 4.07. The monoisotopic (exact) mass is 300 g/mol. The Balaban J connectivity index is 2.33. The van der Waals surface area contributed by atoms with Crippen molar-refractivity contribution in [3.05, 3.63) is 39.9 Å². The Labute approximate surface area is 119 Å². The zero-order valence-corrected chi connectivity index (χ0v) is 11.6. The van der Waals surface area contributed by atoms with Gasteiger partial charge in [0.15, 0.2) is 5.82 Å². The van der Waals surface area contributed by atoms with Gasteiger partial charge in [-0.05, 0) is 12.1 Å². The largest absolute Gasteiger partial charge is 0.384 e. The van der Waals surface area contributed by atoms with Gasteiger partial charge in [-0.2, -0.15) is 0 Å². The molecule has 19 heavy (non-hydrogen) atoms. The number of nitrogens with zero attached hydrogens (tertiary/aromatic N) is 2. The summed E-state index contributed by atoms with van der Waals surface area (Å²) in [6.45, 7) is 1.92. The molecule has 0 saturated carbocycles. The first-order valence-electron chi connectivity index (χ1n) is 5.54. The van der Waals surface area contributed by atoms with Gasteiger partial charge in [0.2, 0.25) is 0 Å². The Bertz CT molecular complexity index is 596. The highest BCUT2D eigenvalue weighted by atomic mass is 35.5. The van der Waals surface area contributed by atoms with Crippen LogP contribution >= 0.6 is 23.2 Å². The summed E-state index contributed by atoms with van der Waals surface area (Å²) in [6.07, 6.45) is 0.657. The second-order valence-electron chi connectivity index (χ2n) is 3.83. The van der Waals surface area contributed by atoms with Gasteiger partial charge in [-0.1, -0.05) is 30.1 Å². The Morgan fingerprint density at radius 1 is 1.21 bits per heavy atom. The average Bonchev–Trinajstić information content (AvgIpc) is 2.35. The number of hydrogen-bond donors (Lipinski definition) is 2. The van der Waals surface area contributed by atoms with Gasteiger partial charge in [0.1, 0.15) is 17.5 Å². The second kappa shape index (κ2) is 5.59. The highest BCUT2D eigenvalue weighted by Gasteiger charge is 2.09. The molecule has 0 bridgehead atoms. The maximum absolute atomic E-state index is 13.3. The molecule has 1 aromatic heterocycles. The number of halogens is 3. The van der Waals surface area contributed by atoms with Crippen LogP contribution in [0.25, 0.3) is 0 Å². The molecule has 7 heteroatoms. The molecule has 0 unspecified atom stereocenters. The summed E-state index contributed by atoms with van der Waals surface area (Å²) in [7, 11) is 0. The quantitative estimate of drug-likeness (QED) is 0.846. The van der Waals surface area contributed by atoms with Crippen LogP contribution < -0.4 is 11.1 Å². The van der Waals surface area contributed by atoms with Crippen LogP contribution in [0.15, 0.2) is 18.2 Å². The lowest BCUT2D eigenvalue weighted by Gasteiger charge is -2.09. The van der Waals surface area contributed by atoms with E-state index >= 15 is 0 Å². The number of rotatable bonds is 3. The smallest absolute Gasteiger partial charge is 0.160 e. The average molecular weight is 301 g/mol. The number of anilines is 3. The predicted octanol–water partition coefficient (Wildman–Crippen LogP) is 3.81. The fourth-order valence-electron chi connectivity index (χ4n) is 1.52. The van der Waals surface area contributed by atoms with Crippen molar-refractivity contribution in [2.45, 2.75) is 13.3 Å². The minimum Gasteiger partial charge on any atom is -0.384 e. The molecule has 1 aromatic carbocycles. The number of nitrogen functional groups attached to an aromatic ring is 1. The fraction of sp³-hybridized carbons (Fsp3) is 0.167. The third-order valence-corrected chi connectivity index (χ3v) is 2.91. The first kappa shape index (κ1) is 13.8. The highest BCUT2D eigenvalue weighted by Crippen LogP contribution is 2.28. The zero-order chi connectivity index (χ0) is 14.0. The molecule has 0 radical (unpaired) electrons. The van der Waals surface area contributed by atoms with E-state index in [1.54, 1.807) is 6.07 Å². The van der Waals surface area contributed by atoms with Gasteiger partial charge in [0, 0.05) is 18.2 Å². The van der Waals surface area contributed by atoms with Gasteiger partial charge in [-0.25, -0.2) is 14.4 Å². The number of hydrogen-bond acceptors (Lipinski definition) is 4. The van der Waals surface area contributed by atoms with Crippen LogP contribution in [0.4, 0.5) is 21.7 Å². The number of aryl methyl sites for hydroxylation is 1. The Hall–Kier alpha value is -1.59. The van der Waals surface area contributed by atoms with Gasteiger partial charge in [-0.3, -0.25) is 0 Å². The van der Waals surface area contributed by atoms with E-state index in [0.717, 1.165) is 0 Å². The van der Waals surface area contributed by atoms with Gasteiger partial charge in [-0.15, -0.1) is 0 Å². The van der Waals surface area contributed by atoms with Crippen LogP contribution in [0.2, 0.25) is 10.0 Å². The summed E-state index contributed by atoms with van der Waals surface area (Å²) in [5.74, 6) is 0.823. The molecule has 0 atom stereocenters. The minimum atomic E-state index is -0.648. The lowest BCUT2D eigenvalue weighted by atomic mass is 10.3. The molecule has 2 aromatic rings. The Morgan fingerprint density at radius 2 is 1.84 bits per heavy atom. The third kappa shape index (κ3) is 3.24. The topological polar surface area (TPSA) is 63.8 Å². The molecule has 4 nitrogen and oxygen atoms in total. The van der Waals surface area contributed by atoms with Crippen molar-refractivity contribution in [2.24, 2.45) is 0 Å². The molecular formula is C12H11Cl2FN4. The first-order valence-corrected chi connectivity index (χ1v) is 6.30. The first-order chi connectivity index (χ1) is 8.99. The summed E-state index contributed by atoms with van der Waals surface area (Å²) in [4.78, 5) is 8.30. The zero-order valence-electron chi connectivity index (χ0n) is 10.0. The van der Waals surface area contributed by atoms with Crippen molar-refractivity contribution in [2.75, 3.05) is 11.1 Å². The molecule has 0 amide bonds. The van der Waals surface area contributed by atoms with Crippen molar-refractivity contribution in [3.8, 4) is 0 Å². The summed E-state index contributed by atoms with van der Waals surface area (Å²) < 4.78 is 13.3. The van der Waals surface area contributed by atoms with Gasteiger partial charge in [0.05, 0.1) is 10.0 Å². The van der Waals surface area contributed by atoms with Gasteiger partial charge >= 0.3 is 0 Å². The van der Waals surface area contributed by atoms with Crippen molar-refractivity contribution in [3.63, 3.8) is 0 Å². The summed E-state index contributed by atoms with van der Waals surface area (Å²) in [6, 6.07) is 4.42. The number of nitrogens with two attached hydrogens (primary N) is 1. The van der Waals surface area contributed by atoms with E-state index in [-0.39, 0.29) is 10.0 Å². The third-order valence-electron chi connectivity index (χ3n) is 2.36. The summed E-state index contributed by atoms with van der Waals surface area (Å²) in [5, 5.41) is 2.84. The normalized spacial score (nSPS) is 10.5. The van der Waals surface area contributed by atoms with Gasteiger partial charge < -0.3 is 11.1 Å². The molecule has 0 saturated heterocycles. The molecule has 2 rings (SSSR count). The minimum absolute atomic E-state index is 0.0623. The molecule has 0 aliphatic heterocycles. The lowest BCUT2D eigenvalue weighted by molar-refractivity contribution is 0.629. The predicted molar refractivity (Wildman–Crippen MR) is 75.5 cm³/mol. The lowest BCUT2D eigenvalue weighted by Crippen LogP contribution is -2.03. The van der Waals surface area contributed by atoms with E-state index in [4.69, 9.17) is 28.9 Å². The van der Waals surface area contributed by atoms with Crippen LogP contribution in [0.5, 0.6) is 0 Å². The Morgan fingerprint density at radius 3 is 2.42 bits per heavy atom. The molecule has 100 valence electrons. The maximum Gasteiger partial charge on any atom is 0.160 e. The molecule has 0 aliphatic carbocycles. The van der Waals surface area contributed by atoms with E-state index in [9.17, 15) is 4.39 Å². The fourth-order valence-corrected chi connectivity index (χ4v) is 2.00. The standard InChI is InChI=1S/C12H11Cl2FN4/c1-2-10-18-9(16)5-11(19-10)17-6-3-7(13)12(15)8(14)4-6/h3-5H,2H2,1H3,(H3,16,17,18,19). The second-order valence-corrected chi connectivity index (χ2v) is 4.64. The molecule has 3 N–H and O–H groups in total. The number of nitrogens with one attached hydrogen (secondary N) is 1. The summed E-state index contributed by atoms with van der Waals surface area (Å²) >= 11 is 11.4. The molecule has 1 heterocycles.